The third kappa shape index (κ3) is 22.0. The Morgan fingerprint density at radius 3 is 1.97 bits per heavy atom. The number of aromatic nitrogens is 2. The monoisotopic (exact) mass is 443 g/mol. The van der Waals surface area contributed by atoms with Gasteiger partial charge in [0, 0.05) is 51.2 Å². The van der Waals surface area contributed by atoms with E-state index in [0.29, 0.717) is 6.04 Å². The second-order valence-corrected chi connectivity index (χ2v) is 7.08. The van der Waals surface area contributed by atoms with Crippen molar-refractivity contribution in [2.75, 3.05) is 66.6 Å². The van der Waals surface area contributed by atoms with Gasteiger partial charge in [0.2, 0.25) is 0 Å². The molecule has 1 aliphatic rings. The van der Waals surface area contributed by atoms with E-state index in [9.17, 15) is 0 Å². The van der Waals surface area contributed by atoms with Crippen LogP contribution in [0.3, 0.4) is 0 Å². The zero-order chi connectivity index (χ0) is 24.5. The normalized spacial score (nSPS) is 13.2. The molecule has 2 heterocycles. The molecule has 0 bridgehead atoms. The van der Waals surface area contributed by atoms with Crippen molar-refractivity contribution in [3.63, 3.8) is 0 Å². The maximum Gasteiger partial charge on any atom is 0.0945 e. The lowest BCUT2D eigenvalue weighted by molar-refractivity contribution is 0.0333. The maximum atomic E-state index is 5.30. The standard InChI is InChI=1S/C10H22N2O.C9H17N3.3C2H6/c1-10(2)11(3)4-5-12-6-8-13-9-7-12;1-3-11(2)6-4-7-12-8-5-10-9-12;3*1-2/h10H,4-9H2,1-3H3;5,8-9H,3-4,6-7H2,1-2H3;3*1-2H3. The smallest absolute Gasteiger partial charge is 0.0945 e. The SMILES string of the molecule is CC.CC.CC.CC(C)N(C)CCN1CCOCC1.CCN(C)CCCn1ccnc1. The summed E-state index contributed by atoms with van der Waals surface area (Å²) in [4.78, 5) is 11.2. The Balaban J connectivity index is -0.000000408. The van der Waals surface area contributed by atoms with Crippen molar-refractivity contribution in [3.8, 4) is 0 Å². The number of hydrogen-bond acceptors (Lipinski definition) is 5. The van der Waals surface area contributed by atoms with Gasteiger partial charge in [-0.1, -0.05) is 48.5 Å². The van der Waals surface area contributed by atoms with Gasteiger partial charge in [-0.15, -0.1) is 0 Å². The molecule has 188 valence electrons. The largest absolute Gasteiger partial charge is 0.379 e. The first kappa shape index (κ1) is 34.7. The predicted octanol–water partition coefficient (Wildman–Crippen LogP) is 4.96. The number of imidazole rings is 1. The number of morpholine rings is 1. The molecule has 0 atom stereocenters. The molecular formula is C25H57N5O. The molecule has 0 amide bonds. The van der Waals surface area contributed by atoms with Crippen LogP contribution in [0.1, 0.15) is 68.7 Å². The quantitative estimate of drug-likeness (QED) is 0.539. The topological polar surface area (TPSA) is 36.8 Å². The first-order valence-electron chi connectivity index (χ1n) is 12.7. The zero-order valence-electron chi connectivity index (χ0n) is 23.0. The van der Waals surface area contributed by atoms with E-state index in [-0.39, 0.29) is 0 Å². The van der Waals surface area contributed by atoms with Crippen LogP contribution in [0.5, 0.6) is 0 Å². The predicted molar refractivity (Wildman–Crippen MR) is 139 cm³/mol. The molecule has 0 saturated carbocycles. The highest BCUT2D eigenvalue weighted by atomic mass is 16.5. The Labute approximate surface area is 196 Å². The van der Waals surface area contributed by atoms with Gasteiger partial charge in [-0.05, 0) is 47.5 Å². The van der Waals surface area contributed by atoms with E-state index in [1.165, 1.54) is 13.0 Å². The molecule has 6 nitrogen and oxygen atoms in total. The average Bonchev–Trinajstić information content (AvgIpc) is 3.36. The van der Waals surface area contributed by atoms with Gasteiger partial charge in [-0.3, -0.25) is 4.90 Å². The van der Waals surface area contributed by atoms with Crippen LogP contribution in [0.2, 0.25) is 0 Å². The molecular weight excluding hydrogens is 386 g/mol. The molecule has 31 heavy (non-hydrogen) atoms. The minimum atomic E-state index is 0.654. The van der Waals surface area contributed by atoms with Crippen LogP contribution < -0.4 is 0 Å². The van der Waals surface area contributed by atoms with Crippen molar-refractivity contribution >= 4 is 0 Å². The molecule has 0 radical (unpaired) electrons. The van der Waals surface area contributed by atoms with Crippen LogP contribution >= 0.6 is 0 Å². The summed E-state index contributed by atoms with van der Waals surface area (Å²) in [7, 11) is 4.33. The molecule has 1 aliphatic heterocycles. The number of rotatable bonds is 9. The van der Waals surface area contributed by atoms with Crippen LogP contribution in [0.15, 0.2) is 18.7 Å². The fraction of sp³-hybridized carbons (Fsp3) is 0.880. The summed E-state index contributed by atoms with van der Waals surface area (Å²) in [6.45, 7) is 28.4. The molecule has 1 aromatic heterocycles. The van der Waals surface area contributed by atoms with E-state index < -0.39 is 0 Å². The van der Waals surface area contributed by atoms with Crippen molar-refractivity contribution in [1.82, 2.24) is 24.3 Å². The molecule has 0 N–H and O–H groups in total. The summed E-state index contributed by atoms with van der Waals surface area (Å²) in [5, 5.41) is 0. The lowest BCUT2D eigenvalue weighted by Gasteiger charge is -2.29. The Morgan fingerprint density at radius 2 is 1.52 bits per heavy atom. The Kier molecular flexibility index (Phi) is 30.3. The molecule has 1 aromatic rings. The van der Waals surface area contributed by atoms with Crippen molar-refractivity contribution in [1.29, 1.82) is 0 Å². The fourth-order valence-corrected chi connectivity index (χ4v) is 2.48. The van der Waals surface area contributed by atoms with Gasteiger partial charge in [0.25, 0.3) is 0 Å². The second-order valence-electron chi connectivity index (χ2n) is 7.08. The number of hydrogen-bond donors (Lipinski definition) is 0. The molecule has 0 aromatic carbocycles. The first-order chi connectivity index (χ1) is 15.0. The minimum absolute atomic E-state index is 0.654. The van der Waals surface area contributed by atoms with Gasteiger partial charge in [0.05, 0.1) is 19.5 Å². The van der Waals surface area contributed by atoms with Gasteiger partial charge in [0.1, 0.15) is 0 Å². The molecule has 0 unspecified atom stereocenters. The maximum absolute atomic E-state index is 5.30. The molecule has 1 fully saturated rings. The Bertz CT molecular complexity index is 406. The highest BCUT2D eigenvalue weighted by molar-refractivity contribution is 4.73. The number of nitrogens with zero attached hydrogens (tertiary/aromatic N) is 5. The van der Waals surface area contributed by atoms with Crippen LogP contribution in [0.25, 0.3) is 0 Å². The van der Waals surface area contributed by atoms with Crippen LogP contribution in [0.4, 0.5) is 0 Å². The van der Waals surface area contributed by atoms with Crippen LogP contribution in [-0.2, 0) is 11.3 Å². The highest BCUT2D eigenvalue weighted by Crippen LogP contribution is 1.98. The van der Waals surface area contributed by atoms with Gasteiger partial charge in [0.15, 0.2) is 0 Å². The molecule has 2 rings (SSSR count). The van der Waals surface area contributed by atoms with E-state index in [4.69, 9.17) is 4.74 Å². The van der Waals surface area contributed by atoms with Crippen molar-refractivity contribution in [3.05, 3.63) is 18.7 Å². The third-order valence-electron chi connectivity index (χ3n) is 4.81. The van der Waals surface area contributed by atoms with Gasteiger partial charge >= 0.3 is 0 Å². The molecule has 6 heteroatoms. The fourth-order valence-electron chi connectivity index (χ4n) is 2.48. The minimum Gasteiger partial charge on any atom is -0.379 e. The van der Waals surface area contributed by atoms with Crippen molar-refractivity contribution in [2.24, 2.45) is 0 Å². The summed E-state index contributed by atoms with van der Waals surface area (Å²) in [6, 6.07) is 0.654. The first-order valence-corrected chi connectivity index (χ1v) is 12.7. The van der Waals surface area contributed by atoms with Crippen LogP contribution in [-0.4, -0.2) is 96.9 Å². The van der Waals surface area contributed by atoms with E-state index in [1.54, 1.807) is 0 Å². The molecule has 1 saturated heterocycles. The highest BCUT2D eigenvalue weighted by Gasteiger charge is 2.11. The number of likely N-dealkylation sites (N-methyl/N-ethyl adjacent to an activating group) is 1. The Morgan fingerprint density at radius 1 is 0.935 bits per heavy atom. The van der Waals surface area contributed by atoms with Gasteiger partial charge in [-0.25, -0.2) is 4.98 Å². The van der Waals surface area contributed by atoms with Gasteiger partial charge < -0.3 is 19.1 Å². The lowest BCUT2D eigenvalue weighted by atomic mass is 10.3. The summed E-state index contributed by atoms with van der Waals surface area (Å²) in [5.41, 5.74) is 0. The Hall–Kier alpha value is -0.950. The summed E-state index contributed by atoms with van der Waals surface area (Å²) in [5.74, 6) is 0. The van der Waals surface area contributed by atoms with E-state index >= 15 is 0 Å². The van der Waals surface area contributed by atoms with Crippen molar-refractivity contribution < 1.29 is 4.74 Å². The van der Waals surface area contributed by atoms with E-state index in [1.807, 2.05) is 60.3 Å². The van der Waals surface area contributed by atoms with Crippen LogP contribution in [0, 0.1) is 0 Å². The second kappa shape index (κ2) is 27.1. The summed E-state index contributed by atoms with van der Waals surface area (Å²) < 4.78 is 7.41. The molecule has 0 spiro atoms. The molecule has 0 aliphatic carbocycles. The number of ether oxygens (including phenoxy) is 1. The average molecular weight is 444 g/mol. The zero-order valence-corrected chi connectivity index (χ0v) is 23.0. The number of aryl methyl sites for hydroxylation is 1. The summed E-state index contributed by atoms with van der Waals surface area (Å²) >= 11 is 0. The van der Waals surface area contributed by atoms with Crippen molar-refractivity contribution in [2.45, 2.75) is 81.3 Å². The van der Waals surface area contributed by atoms with E-state index in [2.05, 4.69) is 59.1 Å². The third-order valence-corrected chi connectivity index (χ3v) is 4.81. The lowest BCUT2D eigenvalue weighted by Crippen LogP contribution is -2.41. The van der Waals surface area contributed by atoms with E-state index in [0.717, 1.165) is 52.5 Å². The van der Waals surface area contributed by atoms with Gasteiger partial charge in [-0.2, -0.15) is 0 Å². The summed E-state index contributed by atoms with van der Waals surface area (Å²) in [6.07, 6.45) is 6.89.